The number of rotatable bonds is 57. The van der Waals surface area contributed by atoms with E-state index in [0.717, 1.165) is 96.3 Å². The van der Waals surface area contributed by atoms with E-state index < -0.39 is 26.6 Å². The average Bonchev–Trinajstić information content (AvgIpc) is 3.38. The van der Waals surface area contributed by atoms with Crippen molar-refractivity contribution in [2.24, 2.45) is 0 Å². The van der Waals surface area contributed by atoms with Crippen molar-refractivity contribution in [3.8, 4) is 0 Å². The Kier molecular flexibility index (Phi) is 53.9. The second-order valence-corrected chi connectivity index (χ2v) is 23.9. The minimum atomic E-state index is -4.70. The third-order valence-electron chi connectivity index (χ3n) is 13.9. The second kappa shape index (κ2) is 55.8. The van der Waals surface area contributed by atoms with E-state index in [1.807, 2.05) is 33.3 Å². The predicted octanol–water partition coefficient (Wildman–Crippen LogP) is 19.0. The lowest BCUT2D eigenvalue weighted by Gasteiger charge is -2.30. The number of likely N-dealkylation sites (N-methyl/N-ethyl adjacent to an activating group) is 1. The fourth-order valence-electron chi connectivity index (χ4n) is 8.98. The van der Waals surface area contributed by atoms with Crippen molar-refractivity contribution in [2.75, 3.05) is 40.9 Å². The summed E-state index contributed by atoms with van der Waals surface area (Å²) < 4.78 is 30.3. The molecule has 0 aromatic carbocycles. The first kappa shape index (κ1) is 73.5. The number of carbonyl (C=O) groups is 2. The first-order valence-corrected chi connectivity index (χ1v) is 33.2. The van der Waals surface area contributed by atoms with Crippen molar-refractivity contribution in [3.63, 3.8) is 0 Å². The summed E-state index contributed by atoms with van der Waals surface area (Å²) in [6.07, 6.45) is 71.6. The minimum absolute atomic E-state index is 0.0259. The molecule has 442 valence electrons. The molecule has 3 atom stereocenters. The zero-order valence-electron chi connectivity index (χ0n) is 50.4. The van der Waals surface area contributed by atoms with Crippen molar-refractivity contribution in [1.82, 2.24) is 5.32 Å². The van der Waals surface area contributed by atoms with E-state index in [4.69, 9.17) is 13.8 Å². The maximum absolute atomic E-state index is 13.5. The molecule has 0 aromatic rings. The van der Waals surface area contributed by atoms with Crippen LogP contribution in [-0.4, -0.2) is 69.4 Å². The first-order chi connectivity index (χ1) is 36.9. The Balaban J connectivity index is 5.08. The van der Waals surface area contributed by atoms with Gasteiger partial charge in [0.1, 0.15) is 19.3 Å². The van der Waals surface area contributed by atoms with Gasteiger partial charge in [-0.3, -0.25) is 14.2 Å². The molecule has 10 heteroatoms. The van der Waals surface area contributed by atoms with E-state index in [9.17, 15) is 19.0 Å². The molecule has 0 heterocycles. The molecule has 76 heavy (non-hydrogen) atoms. The molecule has 0 saturated carbocycles. The summed E-state index contributed by atoms with van der Waals surface area (Å²) in [5, 5.41) is 3.02. The number of unbranched alkanes of at least 4 members (excludes halogenated alkanes) is 31. The molecule has 0 aliphatic carbocycles. The second-order valence-electron chi connectivity index (χ2n) is 22.5. The van der Waals surface area contributed by atoms with Gasteiger partial charge in [0.2, 0.25) is 5.91 Å². The maximum atomic E-state index is 13.5. The summed E-state index contributed by atoms with van der Waals surface area (Å²) >= 11 is 0. The van der Waals surface area contributed by atoms with E-state index in [1.54, 1.807) is 0 Å². The van der Waals surface area contributed by atoms with Gasteiger partial charge in [-0.05, 0) is 96.0 Å². The molecular weight excluding hydrogens is 964 g/mol. The van der Waals surface area contributed by atoms with Crippen molar-refractivity contribution < 1.29 is 37.3 Å². The molecule has 0 aliphatic heterocycles. The number of hydrogen-bond acceptors (Lipinski definition) is 7. The Morgan fingerprint density at radius 2 is 0.842 bits per heavy atom. The molecule has 0 aliphatic rings. The Labute approximate surface area is 470 Å². The van der Waals surface area contributed by atoms with Gasteiger partial charge in [0.15, 0.2) is 0 Å². The van der Waals surface area contributed by atoms with Crippen LogP contribution >= 0.6 is 7.82 Å². The van der Waals surface area contributed by atoms with Crippen molar-refractivity contribution in [1.29, 1.82) is 0 Å². The number of esters is 1. The highest BCUT2D eigenvalue weighted by atomic mass is 31.2. The Morgan fingerprint density at radius 1 is 0.474 bits per heavy atom. The van der Waals surface area contributed by atoms with Crippen LogP contribution in [0.2, 0.25) is 0 Å². The van der Waals surface area contributed by atoms with Crippen LogP contribution in [0.4, 0.5) is 0 Å². The van der Waals surface area contributed by atoms with Crippen molar-refractivity contribution in [3.05, 3.63) is 72.9 Å². The molecule has 0 radical (unpaired) electrons. The molecule has 3 unspecified atom stereocenters. The average molecular weight is 1090 g/mol. The summed E-state index contributed by atoms with van der Waals surface area (Å²) in [6.45, 7) is 6.71. The van der Waals surface area contributed by atoms with Crippen LogP contribution in [-0.2, 0) is 27.9 Å². The molecule has 0 rings (SSSR count). The van der Waals surface area contributed by atoms with E-state index in [1.165, 1.54) is 154 Å². The fourth-order valence-corrected chi connectivity index (χ4v) is 9.70. The Morgan fingerprint density at radius 3 is 1.29 bits per heavy atom. The van der Waals surface area contributed by atoms with E-state index in [2.05, 4.69) is 86.8 Å². The van der Waals surface area contributed by atoms with Crippen LogP contribution in [0.5, 0.6) is 0 Å². The SMILES string of the molecule is CC/C=C/C/C=C/CCCCCCCCCC(=O)NC(COP(=O)([O-])OCC[N+](C)(C)C)C(/C=C\CCCCCCCCCCC)OC(=O)CCCCCCCCCCCCCC/C=C\C/C=C\C/C=C\CCCCC. The topological polar surface area (TPSA) is 114 Å². The summed E-state index contributed by atoms with van der Waals surface area (Å²) in [7, 11) is 1.18. The van der Waals surface area contributed by atoms with Crippen LogP contribution in [0.3, 0.4) is 0 Å². The van der Waals surface area contributed by atoms with Crippen LogP contribution < -0.4 is 10.2 Å². The third-order valence-corrected chi connectivity index (χ3v) is 14.8. The Bertz CT molecular complexity index is 1530. The number of hydrogen-bond donors (Lipinski definition) is 1. The highest BCUT2D eigenvalue weighted by molar-refractivity contribution is 7.45. The van der Waals surface area contributed by atoms with Gasteiger partial charge in [-0.15, -0.1) is 0 Å². The Hall–Kier alpha value is -2.55. The van der Waals surface area contributed by atoms with Gasteiger partial charge >= 0.3 is 5.97 Å². The summed E-state index contributed by atoms with van der Waals surface area (Å²) in [6, 6.07) is -0.894. The van der Waals surface area contributed by atoms with Gasteiger partial charge in [-0.1, -0.05) is 248 Å². The monoisotopic (exact) mass is 1080 g/mol. The van der Waals surface area contributed by atoms with Gasteiger partial charge in [0.05, 0.1) is 33.8 Å². The van der Waals surface area contributed by atoms with E-state index in [0.29, 0.717) is 17.4 Å². The lowest BCUT2D eigenvalue weighted by atomic mass is 10.0. The van der Waals surface area contributed by atoms with E-state index >= 15 is 0 Å². The van der Waals surface area contributed by atoms with Crippen LogP contribution in [0.25, 0.3) is 0 Å². The molecule has 0 bridgehead atoms. The molecule has 0 fully saturated rings. The number of amides is 1. The number of allylic oxidation sites excluding steroid dienone is 11. The number of phosphoric ester groups is 1. The summed E-state index contributed by atoms with van der Waals surface area (Å²) in [4.78, 5) is 39.9. The number of carbonyl (C=O) groups excluding carboxylic acids is 2. The summed E-state index contributed by atoms with van der Waals surface area (Å²) in [5.41, 5.74) is 0. The number of ether oxygens (including phenoxy) is 1. The van der Waals surface area contributed by atoms with Crippen LogP contribution in [0, 0.1) is 0 Å². The summed E-state index contributed by atoms with van der Waals surface area (Å²) in [5.74, 6) is -0.550. The predicted molar refractivity (Wildman–Crippen MR) is 325 cm³/mol. The molecule has 0 aromatic heterocycles. The zero-order chi connectivity index (χ0) is 55.7. The van der Waals surface area contributed by atoms with Crippen LogP contribution in [0.15, 0.2) is 72.9 Å². The van der Waals surface area contributed by atoms with Gasteiger partial charge in [-0.2, -0.15) is 0 Å². The van der Waals surface area contributed by atoms with E-state index in [-0.39, 0.29) is 24.9 Å². The normalized spacial score (nSPS) is 14.1. The molecule has 1 N–H and O–H groups in total. The van der Waals surface area contributed by atoms with Gasteiger partial charge < -0.3 is 28.5 Å². The minimum Gasteiger partial charge on any atom is -0.756 e. The molecular formula is C66H121N2O7P. The number of nitrogens with one attached hydrogen (secondary N) is 1. The molecule has 1 amide bonds. The van der Waals surface area contributed by atoms with Crippen molar-refractivity contribution in [2.45, 2.75) is 296 Å². The largest absolute Gasteiger partial charge is 0.756 e. The smallest absolute Gasteiger partial charge is 0.306 e. The molecule has 9 nitrogen and oxygen atoms in total. The van der Waals surface area contributed by atoms with Crippen molar-refractivity contribution >= 4 is 19.7 Å². The standard InChI is InChI=1S/C66H121N2O7P/c1-7-10-13-16-19-22-25-27-29-30-31-32-33-34-35-36-37-38-39-41-44-47-50-53-56-59-66(70)75-64(57-54-51-48-45-42-24-21-18-15-12-9-3)63(62-74-76(71,72)73-61-60-68(4,5)6)67-65(69)58-55-52-49-46-43-40-28-26-23-20-17-14-11-8-2/h11,14,19-20,22-23,27,29,31-32,54,57,63-64H,7-10,12-13,15-18,21,24-26,28,30,33-53,55-56,58-62H2,1-6H3,(H-,67,69,71,72)/b14-11+,22-19-,23-20+,29-27-,32-31-,57-54-. The number of nitrogens with zero attached hydrogens (tertiary/aromatic N) is 1. The third kappa shape index (κ3) is 56.2. The van der Waals surface area contributed by atoms with Gasteiger partial charge in [-0.25, -0.2) is 0 Å². The zero-order valence-corrected chi connectivity index (χ0v) is 51.3. The lowest BCUT2D eigenvalue weighted by molar-refractivity contribution is -0.870. The fraction of sp³-hybridized carbons (Fsp3) is 0.788. The highest BCUT2D eigenvalue weighted by Gasteiger charge is 2.27. The lowest BCUT2D eigenvalue weighted by Crippen LogP contribution is -2.47. The number of phosphoric acid groups is 1. The van der Waals surface area contributed by atoms with Crippen LogP contribution in [0.1, 0.15) is 284 Å². The molecule has 0 saturated heterocycles. The first-order valence-electron chi connectivity index (χ1n) is 31.7. The van der Waals surface area contributed by atoms with Gasteiger partial charge in [0, 0.05) is 12.8 Å². The maximum Gasteiger partial charge on any atom is 0.306 e. The molecule has 0 spiro atoms. The highest BCUT2D eigenvalue weighted by Crippen LogP contribution is 2.38. The van der Waals surface area contributed by atoms with Gasteiger partial charge in [0.25, 0.3) is 7.82 Å². The quantitative estimate of drug-likeness (QED) is 0.0212. The number of quaternary nitrogens is 1.